The lowest BCUT2D eigenvalue weighted by molar-refractivity contribution is -0.0249. The maximum atomic E-state index is 6.65. The predicted octanol–water partition coefficient (Wildman–Crippen LogP) is 7.48. The van der Waals surface area contributed by atoms with Crippen LogP contribution in [0, 0.1) is 11.3 Å². The zero-order chi connectivity index (χ0) is 25.5. The second-order valence-electron chi connectivity index (χ2n) is 11.2. The van der Waals surface area contributed by atoms with Gasteiger partial charge < -0.3 is 13.9 Å². The Hall–Kier alpha value is -2.31. The Morgan fingerprint density at radius 3 is 2.33 bits per heavy atom. The van der Waals surface area contributed by atoms with Gasteiger partial charge in [0.15, 0.2) is 0 Å². The molecule has 4 rings (SSSR count). The number of nitrogens with zero attached hydrogens (tertiary/aromatic N) is 1. The van der Waals surface area contributed by atoms with Crippen molar-refractivity contribution in [3.63, 3.8) is 0 Å². The van der Waals surface area contributed by atoms with E-state index in [9.17, 15) is 0 Å². The summed E-state index contributed by atoms with van der Waals surface area (Å²) in [5.41, 5.74) is 4.96. The maximum Gasteiger partial charge on any atom is 0.205 e. The third kappa shape index (κ3) is 7.36. The Balaban J connectivity index is 1.51. The Morgan fingerprint density at radius 1 is 0.972 bits per heavy atom. The summed E-state index contributed by atoms with van der Waals surface area (Å²) in [6.45, 7) is 12.4. The molecule has 4 atom stereocenters. The van der Waals surface area contributed by atoms with Crippen LogP contribution in [-0.2, 0) is 20.5 Å². The Bertz CT molecular complexity index is 1050. The van der Waals surface area contributed by atoms with Gasteiger partial charge in [-0.1, -0.05) is 81.4 Å². The molecule has 1 saturated heterocycles. The zero-order valence-corrected chi connectivity index (χ0v) is 23.3. The van der Waals surface area contributed by atoms with E-state index >= 15 is 0 Å². The molecule has 0 aliphatic carbocycles. The molecule has 0 saturated carbocycles. The largest absolute Gasteiger partial charge is 0.414 e. The summed E-state index contributed by atoms with van der Waals surface area (Å²) < 4.78 is 19.6. The highest BCUT2D eigenvalue weighted by atomic mass is 28.3. The van der Waals surface area contributed by atoms with Crippen molar-refractivity contribution in [3.05, 3.63) is 90.3 Å². The molecule has 2 aromatic carbocycles. The maximum absolute atomic E-state index is 6.65. The van der Waals surface area contributed by atoms with E-state index in [1.165, 1.54) is 16.7 Å². The number of hydrogen-bond donors (Lipinski definition) is 0. The highest BCUT2D eigenvalue weighted by molar-refractivity contribution is 6.48. The third-order valence-electron chi connectivity index (χ3n) is 6.75. The van der Waals surface area contributed by atoms with Crippen LogP contribution in [0.15, 0.2) is 79.1 Å². The van der Waals surface area contributed by atoms with E-state index in [1.807, 2.05) is 24.5 Å². The standard InChI is InChI=1S/C31H40NO3Si/c1-31(2,3)18-17-27(35-36(4)5)29-28(22-34-30(29)26-12-9-19-32-20-26)33-21-23-13-15-25(16-14-23)24-10-7-6-8-11-24/h6-16,19-20,27-30H,17-18,21-22H2,1-5H3/t27?,28-,29+,30+/m0/s1. The van der Waals surface area contributed by atoms with Crippen LogP contribution in [0.25, 0.3) is 11.1 Å². The molecule has 4 nitrogen and oxygen atoms in total. The molecule has 3 aromatic rings. The van der Waals surface area contributed by atoms with Crippen LogP contribution in [0.2, 0.25) is 13.1 Å². The van der Waals surface area contributed by atoms with Gasteiger partial charge in [-0.3, -0.25) is 4.98 Å². The highest BCUT2D eigenvalue weighted by Gasteiger charge is 2.44. The zero-order valence-electron chi connectivity index (χ0n) is 22.3. The molecule has 0 bridgehead atoms. The van der Waals surface area contributed by atoms with E-state index in [0.29, 0.717) is 13.2 Å². The van der Waals surface area contributed by atoms with Crippen LogP contribution in [0.5, 0.6) is 0 Å². The first-order valence-electron chi connectivity index (χ1n) is 13.0. The summed E-state index contributed by atoms with van der Waals surface area (Å²) in [7, 11) is -0.888. The minimum absolute atomic E-state index is 0.0321. The van der Waals surface area contributed by atoms with E-state index < -0.39 is 9.04 Å². The molecule has 1 radical (unpaired) electrons. The van der Waals surface area contributed by atoms with Gasteiger partial charge in [-0.15, -0.1) is 0 Å². The number of benzene rings is 2. The van der Waals surface area contributed by atoms with Crippen molar-refractivity contribution >= 4 is 9.04 Å². The fourth-order valence-electron chi connectivity index (χ4n) is 4.91. The molecule has 191 valence electrons. The molecule has 0 spiro atoms. The van der Waals surface area contributed by atoms with Crippen molar-refractivity contribution in [2.75, 3.05) is 6.61 Å². The first-order valence-corrected chi connectivity index (χ1v) is 15.5. The van der Waals surface area contributed by atoms with Crippen molar-refractivity contribution < 1.29 is 13.9 Å². The van der Waals surface area contributed by atoms with Crippen molar-refractivity contribution in [2.24, 2.45) is 11.3 Å². The Morgan fingerprint density at radius 2 is 1.69 bits per heavy atom. The fraction of sp³-hybridized carbons (Fsp3) is 0.452. The minimum Gasteiger partial charge on any atom is -0.414 e. The molecule has 2 heterocycles. The van der Waals surface area contributed by atoms with Crippen molar-refractivity contribution in [1.29, 1.82) is 0 Å². The monoisotopic (exact) mass is 502 g/mol. The summed E-state index contributed by atoms with van der Waals surface area (Å²) >= 11 is 0. The van der Waals surface area contributed by atoms with Crippen LogP contribution in [0.1, 0.15) is 50.8 Å². The quantitative estimate of drug-likeness (QED) is 0.269. The molecule has 1 aliphatic heterocycles. The van der Waals surface area contributed by atoms with E-state index in [1.54, 1.807) is 0 Å². The number of rotatable bonds is 10. The second-order valence-corrected chi connectivity index (χ2v) is 13.2. The lowest BCUT2D eigenvalue weighted by Crippen LogP contribution is -2.38. The van der Waals surface area contributed by atoms with Gasteiger partial charge in [0.25, 0.3) is 0 Å². The third-order valence-corrected chi connectivity index (χ3v) is 7.53. The molecular formula is C31H40NO3Si. The molecule has 0 N–H and O–H groups in total. The fourth-order valence-corrected chi connectivity index (χ4v) is 5.79. The van der Waals surface area contributed by atoms with Gasteiger partial charge in [-0.25, -0.2) is 0 Å². The number of pyridine rings is 1. The normalized spacial score (nSPS) is 21.1. The summed E-state index contributed by atoms with van der Waals surface area (Å²) in [6, 6.07) is 23.2. The molecule has 0 amide bonds. The second kappa shape index (κ2) is 12.3. The number of ether oxygens (including phenoxy) is 2. The Labute approximate surface area is 218 Å². The van der Waals surface area contributed by atoms with Gasteiger partial charge in [0.05, 0.1) is 31.5 Å². The van der Waals surface area contributed by atoms with E-state index in [-0.39, 0.29) is 29.6 Å². The summed E-state index contributed by atoms with van der Waals surface area (Å²) in [6.07, 6.45) is 5.81. The van der Waals surface area contributed by atoms with Crippen molar-refractivity contribution in [2.45, 2.75) is 71.6 Å². The first kappa shape index (κ1) is 26.7. The highest BCUT2D eigenvalue weighted by Crippen LogP contribution is 2.42. The number of hydrogen-bond acceptors (Lipinski definition) is 4. The Kier molecular flexibility index (Phi) is 9.13. The summed E-state index contributed by atoms with van der Waals surface area (Å²) in [5.74, 6) is 0.125. The van der Waals surface area contributed by atoms with E-state index in [0.717, 1.165) is 18.4 Å². The van der Waals surface area contributed by atoms with Gasteiger partial charge in [0.2, 0.25) is 9.04 Å². The van der Waals surface area contributed by atoms with Crippen LogP contribution < -0.4 is 0 Å². The van der Waals surface area contributed by atoms with Gasteiger partial charge in [0.1, 0.15) is 0 Å². The minimum atomic E-state index is -0.888. The van der Waals surface area contributed by atoms with Crippen LogP contribution in [0.3, 0.4) is 0 Å². The summed E-state index contributed by atoms with van der Waals surface area (Å²) in [5, 5.41) is 0. The van der Waals surface area contributed by atoms with Crippen molar-refractivity contribution in [1.82, 2.24) is 4.98 Å². The smallest absolute Gasteiger partial charge is 0.205 e. The molecule has 5 heteroatoms. The topological polar surface area (TPSA) is 40.6 Å². The average Bonchev–Trinajstić information content (AvgIpc) is 3.30. The first-order chi connectivity index (χ1) is 17.3. The molecule has 1 aromatic heterocycles. The van der Waals surface area contributed by atoms with Gasteiger partial charge >= 0.3 is 0 Å². The molecule has 1 unspecified atom stereocenters. The van der Waals surface area contributed by atoms with Crippen LogP contribution in [0.4, 0.5) is 0 Å². The van der Waals surface area contributed by atoms with Crippen LogP contribution >= 0.6 is 0 Å². The average molecular weight is 503 g/mol. The lowest BCUT2D eigenvalue weighted by atomic mass is 9.82. The summed E-state index contributed by atoms with van der Waals surface area (Å²) in [4.78, 5) is 4.37. The lowest BCUT2D eigenvalue weighted by Gasteiger charge is -2.34. The SMILES string of the molecule is C[Si](C)OC(CCC(C)(C)C)[C@@H]1[C@@H](OCc2ccc(-c3ccccc3)cc2)CO[C@@H]1c1cccnc1. The van der Waals surface area contributed by atoms with Crippen molar-refractivity contribution in [3.8, 4) is 11.1 Å². The molecule has 36 heavy (non-hydrogen) atoms. The predicted molar refractivity (Wildman–Crippen MR) is 148 cm³/mol. The molecular weight excluding hydrogens is 462 g/mol. The number of aromatic nitrogens is 1. The van der Waals surface area contributed by atoms with E-state index in [2.05, 4.69) is 93.4 Å². The molecule has 1 fully saturated rings. The molecule has 1 aliphatic rings. The van der Waals surface area contributed by atoms with Gasteiger partial charge in [-0.2, -0.15) is 0 Å². The van der Waals surface area contributed by atoms with Gasteiger partial charge in [0, 0.05) is 18.3 Å². The van der Waals surface area contributed by atoms with E-state index in [4.69, 9.17) is 13.9 Å². The van der Waals surface area contributed by atoms with Crippen LogP contribution in [-0.4, -0.2) is 32.8 Å². The van der Waals surface area contributed by atoms with Gasteiger partial charge in [-0.05, 0) is 59.7 Å².